The molecule has 15 heavy (non-hydrogen) atoms. The number of hydrogen-bond acceptors (Lipinski definition) is 4. The summed E-state index contributed by atoms with van der Waals surface area (Å²) < 4.78 is 5.49. The van der Waals surface area contributed by atoms with Gasteiger partial charge < -0.3 is 9.73 Å². The third-order valence-corrected chi connectivity index (χ3v) is 4.16. The summed E-state index contributed by atoms with van der Waals surface area (Å²) in [5, 5.41) is 3.16. The minimum atomic E-state index is 0.278. The van der Waals surface area contributed by atoms with Crippen molar-refractivity contribution in [2.45, 2.75) is 25.8 Å². The SMILES string of the molecule is CNC(C)c1coc(CC2CCSC2)n1. The Morgan fingerprint density at radius 1 is 1.73 bits per heavy atom. The summed E-state index contributed by atoms with van der Waals surface area (Å²) in [6.07, 6.45) is 4.09. The van der Waals surface area contributed by atoms with Gasteiger partial charge in [-0.15, -0.1) is 0 Å². The second-order valence-corrected chi connectivity index (χ2v) is 5.26. The van der Waals surface area contributed by atoms with Crippen LogP contribution in [-0.2, 0) is 6.42 Å². The van der Waals surface area contributed by atoms with E-state index < -0.39 is 0 Å². The van der Waals surface area contributed by atoms with Crippen LogP contribution in [0.1, 0.15) is 31.0 Å². The molecule has 1 aromatic heterocycles. The third kappa shape index (κ3) is 2.75. The normalized spacial score (nSPS) is 23.2. The fraction of sp³-hybridized carbons (Fsp3) is 0.727. The molecule has 0 spiro atoms. The Labute approximate surface area is 95.0 Å². The zero-order valence-electron chi connectivity index (χ0n) is 9.32. The van der Waals surface area contributed by atoms with Crippen LogP contribution in [0.25, 0.3) is 0 Å². The molecule has 1 saturated heterocycles. The first-order chi connectivity index (χ1) is 7.29. The predicted molar refractivity (Wildman–Crippen MR) is 63.1 cm³/mol. The molecule has 0 aromatic carbocycles. The van der Waals surface area contributed by atoms with Gasteiger partial charge in [-0.1, -0.05) is 0 Å². The van der Waals surface area contributed by atoms with E-state index in [1.165, 1.54) is 17.9 Å². The van der Waals surface area contributed by atoms with Gasteiger partial charge >= 0.3 is 0 Å². The minimum absolute atomic E-state index is 0.278. The molecule has 84 valence electrons. The van der Waals surface area contributed by atoms with Gasteiger partial charge in [0.1, 0.15) is 6.26 Å². The summed E-state index contributed by atoms with van der Waals surface area (Å²) in [5.74, 6) is 4.23. The van der Waals surface area contributed by atoms with Crippen molar-refractivity contribution in [3.05, 3.63) is 17.8 Å². The van der Waals surface area contributed by atoms with E-state index >= 15 is 0 Å². The molecule has 2 unspecified atom stereocenters. The topological polar surface area (TPSA) is 38.1 Å². The van der Waals surface area contributed by atoms with Crippen LogP contribution in [0.5, 0.6) is 0 Å². The summed E-state index contributed by atoms with van der Waals surface area (Å²) >= 11 is 2.04. The zero-order valence-corrected chi connectivity index (χ0v) is 10.1. The van der Waals surface area contributed by atoms with Crippen LogP contribution < -0.4 is 5.32 Å². The molecule has 0 amide bonds. The Bertz CT molecular complexity index is 307. The molecule has 4 heteroatoms. The van der Waals surface area contributed by atoms with E-state index in [1.807, 2.05) is 18.8 Å². The van der Waals surface area contributed by atoms with E-state index in [4.69, 9.17) is 4.42 Å². The number of nitrogens with one attached hydrogen (secondary N) is 1. The lowest BCUT2D eigenvalue weighted by atomic mass is 10.1. The molecule has 2 heterocycles. The van der Waals surface area contributed by atoms with E-state index in [1.54, 1.807) is 6.26 Å². The Balaban J connectivity index is 1.94. The molecule has 0 radical (unpaired) electrons. The van der Waals surface area contributed by atoms with Crippen LogP contribution in [0.15, 0.2) is 10.7 Å². The summed E-state index contributed by atoms with van der Waals surface area (Å²) in [6, 6.07) is 0.278. The maximum absolute atomic E-state index is 5.49. The predicted octanol–water partition coefficient (Wildman–Crippen LogP) is 2.25. The molecule has 1 fully saturated rings. The highest BCUT2D eigenvalue weighted by Gasteiger charge is 2.19. The van der Waals surface area contributed by atoms with Gasteiger partial charge in [-0.25, -0.2) is 4.98 Å². The average molecular weight is 226 g/mol. The highest BCUT2D eigenvalue weighted by molar-refractivity contribution is 7.99. The van der Waals surface area contributed by atoms with Crippen molar-refractivity contribution >= 4 is 11.8 Å². The smallest absolute Gasteiger partial charge is 0.194 e. The Morgan fingerprint density at radius 3 is 3.27 bits per heavy atom. The number of aromatic nitrogens is 1. The maximum atomic E-state index is 5.49. The van der Waals surface area contributed by atoms with Crippen molar-refractivity contribution in [1.82, 2.24) is 10.3 Å². The van der Waals surface area contributed by atoms with E-state index in [0.29, 0.717) is 0 Å². The zero-order chi connectivity index (χ0) is 10.7. The number of oxazole rings is 1. The molecular weight excluding hydrogens is 208 g/mol. The van der Waals surface area contributed by atoms with Crippen LogP contribution in [0, 0.1) is 5.92 Å². The van der Waals surface area contributed by atoms with E-state index in [0.717, 1.165) is 23.9 Å². The molecule has 0 saturated carbocycles. The summed E-state index contributed by atoms with van der Waals surface area (Å²) in [5.41, 5.74) is 1.01. The number of rotatable bonds is 4. The van der Waals surface area contributed by atoms with Crippen molar-refractivity contribution in [3.63, 3.8) is 0 Å². The Hall–Kier alpha value is -0.480. The molecule has 2 rings (SSSR count). The largest absolute Gasteiger partial charge is 0.449 e. The number of hydrogen-bond donors (Lipinski definition) is 1. The molecule has 0 bridgehead atoms. The highest BCUT2D eigenvalue weighted by atomic mass is 32.2. The van der Waals surface area contributed by atoms with Gasteiger partial charge in [0, 0.05) is 12.5 Å². The van der Waals surface area contributed by atoms with Crippen molar-refractivity contribution in [2.24, 2.45) is 5.92 Å². The first kappa shape index (κ1) is 11.0. The summed E-state index contributed by atoms with van der Waals surface area (Å²) in [4.78, 5) is 4.51. The van der Waals surface area contributed by atoms with Crippen LogP contribution in [-0.4, -0.2) is 23.5 Å². The third-order valence-electron chi connectivity index (χ3n) is 2.93. The number of nitrogens with zero attached hydrogens (tertiary/aromatic N) is 1. The van der Waals surface area contributed by atoms with Crippen LogP contribution in [0.4, 0.5) is 0 Å². The van der Waals surface area contributed by atoms with Gasteiger partial charge in [-0.05, 0) is 37.8 Å². The molecule has 1 aliphatic rings. The van der Waals surface area contributed by atoms with Crippen LogP contribution in [0.3, 0.4) is 0 Å². The highest BCUT2D eigenvalue weighted by Crippen LogP contribution is 2.26. The lowest BCUT2D eigenvalue weighted by Crippen LogP contribution is -2.12. The quantitative estimate of drug-likeness (QED) is 0.854. The van der Waals surface area contributed by atoms with Gasteiger partial charge in [0.2, 0.25) is 0 Å². The van der Waals surface area contributed by atoms with Crippen molar-refractivity contribution in [2.75, 3.05) is 18.6 Å². The van der Waals surface area contributed by atoms with Gasteiger partial charge in [-0.2, -0.15) is 11.8 Å². The van der Waals surface area contributed by atoms with Crippen LogP contribution >= 0.6 is 11.8 Å². The monoisotopic (exact) mass is 226 g/mol. The van der Waals surface area contributed by atoms with E-state index in [2.05, 4.69) is 17.2 Å². The summed E-state index contributed by atoms with van der Waals surface area (Å²) in [6.45, 7) is 2.09. The molecule has 1 N–H and O–H groups in total. The van der Waals surface area contributed by atoms with E-state index in [9.17, 15) is 0 Å². The first-order valence-electron chi connectivity index (χ1n) is 5.49. The Morgan fingerprint density at radius 2 is 2.60 bits per heavy atom. The molecule has 1 aliphatic heterocycles. The van der Waals surface area contributed by atoms with Gasteiger partial charge in [-0.3, -0.25) is 0 Å². The molecule has 2 atom stereocenters. The number of thioether (sulfide) groups is 1. The molecular formula is C11H18N2OS. The van der Waals surface area contributed by atoms with Gasteiger partial charge in [0.15, 0.2) is 5.89 Å². The molecule has 3 nitrogen and oxygen atoms in total. The fourth-order valence-corrected chi connectivity index (χ4v) is 3.04. The van der Waals surface area contributed by atoms with Crippen molar-refractivity contribution in [3.8, 4) is 0 Å². The van der Waals surface area contributed by atoms with E-state index in [-0.39, 0.29) is 6.04 Å². The second kappa shape index (κ2) is 5.03. The maximum Gasteiger partial charge on any atom is 0.194 e. The standard InChI is InChI=1S/C11H18N2OS/c1-8(12-2)10-6-14-11(13-10)5-9-3-4-15-7-9/h6,8-9,12H,3-5,7H2,1-2H3. The van der Waals surface area contributed by atoms with Gasteiger partial charge in [0.05, 0.1) is 5.69 Å². The van der Waals surface area contributed by atoms with Crippen molar-refractivity contribution in [1.29, 1.82) is 0 Å². The van der Waals surface area contributed by atoms with Crippen molar-refractivity contribution < 1.29 is 4.42 Å². The fourth-order valence-electron chi connectivity index (χ4n) is 1.76. The molecule has 0 aliphatic carbocycles. The molecule has 1 aromatic rings. The second-order valence-electron chi connectivity index (χ2n) is 4.11. The summed E-state index contributed by atoms with van der Waals surface area (Å²) in [7, 11) is 1.94. The average Bonchev–Trinajstić information content (AvgIpc) is 2.88. The first-order valence-corrected chi connectivity index (χ1v) is 6.64. The van der Waals surface area contributed by atoms with Gasteiger partial charge in [0.25, 0.3) is 0 Å². The van der Waals surface area contributed by atoms with Crippen LogP contribution in [0.2, 0.25) is 0 Å². The lowest BCUT2D eigenvalue weighted by Gasteiger charge is -2.04. The Kier molecular flexibility index (Phi) is 3.70. The minimum Gasteiger partial charge on any atom is -0.449 e. The lowest BCUT2D eigenvalue weighted by molar-refractivity contribution is 0.447.